The number of aryl methyl sites for hydroxylation is 1. The van der Waals surface area contributed by atoms with Crippen molar-refractivity contribution in [3.05, 3.63) is 29.8 Å². The number of hydrogen-bond acceptors (Lipinski definition) is 9. The minimum absolute atomic E-state index is 0.0310. The van der Waals surface area contributed by atoms with Crippen LogP contribution in [0.1, 0.15) is 5.56 Å². The lowest BCUT2D eigenvalue weighted by Crippen LogP contribution is -2.50. The summed E-state index contributed by atoms with van der Waals surface area (Å²) in [6, 6.07) is 6.82. The fraction of sp³-hybridized carbons (Fsp3) is 0.500. The van der Waals surface area contributed by atoms with Crippen molar-refractivity contribution < 1.29 is 17.9 Å². The van der Waals surface area contributed by atoms with Gasteiger partial charge in [0.1, 0.15) is 0 Å². The number of nitrogens with one attached hydrogen (secondary N) is 1. The third-order valence-electron chi connectivity index (χ3n) is 4.56. The first-order valence-corrected chi connectivity index (χ1v) is 12.7. The van der Waals surface area contributed by atoms with E-state index in [0.29, 0.717) is 48.8 Å². The zero-order chi connectivity index (χ0) is 21.6. The van der Waals surface area contributed by atoms with Crippen LogP contribution < -0.4 is 5.32 Å². The van der Waals surface area contributed by atoms with E-state index < -0.39 is 10.0 Å². The maximum absolute atomic E-state index is 12.8. The average Bonchev–Trinajstić information content (AvgIpc) is 3.20. The summed E-state index contributed by atoms with van der Waals surface area (Å²) in [6.45, 7) is 4.48. The molecule has 1 fully saturated rings. The molecule has 1 aromatic heterocycles. The van der Waals surface area contributed by atoms with E-state index in [1.807, 2.05) is 6.92 Å². The number of thioether (sulfide) groups is 1. The molecule has 0 saturated carbocycles. The van der Waals surface area contributed by atoms with E-state index in [2.05, 4.69) is 15.5 Å². The molecule has 1 amide bonds. The molecule has 1 N–H and O–H groups in total. The number of anilines is 1. The summed E-state index contributed by atoms with van der Waals surface area (Å²) in [4.78, 5) is 14.5. The van der Waals surface area contributed by atoms with Gasteiger partial charge in [-0.05, 0) is 19.1 Å². The molecule has 1 aromatic carbocycles. The number of benzene rings is 1. The number of sulfonamides is 1. The van der Waals surface area contributed by atoms with E-state index in [1.54, 1.807) is 36.3 Å². The summed E-state index contributed by atoms with van der Waals surface area (Å²) < 4.78 is 32.7. The maximum atomic E-state index is 12.8. The first-order valence-electron chi connectivity index (χ1n) is 9.44. The molecule has 3 rings (SSSR count). The molecule has 0 spiro atoms. The predicted molar refractivity (Wildman–Crippen MR) is 118 cm³/mol. The Labute approximate surface area is 184 Å². The Kier molecular flexibility index (Phi) is 8.06. The Morgan fingerprint density at radius 1 is 1.20 bits per heavy atom. The molecule has 1 saturated heterocycles. The molecular formula is C18H25N5O4S3. The quantitative estimate of drug-likeness (QED) is 0.434. The number of piperazine rings is 1. The molecule has 1 aliphatic rings. The van der Waals surface area contributed by atoms with Crippen LogP contribution in [0.4, 0.5) is 5.13 Å². The molecular weight excluding hydrogens is 446 g/mol. The van der Waals surface area contributed by atoms with Crippen molar-refractivity contribution >= 4 is 44.2 Å². The predicted octanol–water partition coefficient (Wildman–Crippen LogP) is 1.53. The lowest BCUT2D eigenvalue weighted by molar-refractivity contribution is -0.129. The van der Waals surface area contributed by atoms with Crippen LogP contribution in [-0.2, 0) is 19.6 Å². The van der Waals surface area contributed by atoms with E-state index >= 15 is 0 Å². The first kappa shape index (κ1) is 22.9. The second-order valence-corrected chi connectivity index (χ2v) is 10.8. The molecule has 30 heavy (non-hydrogen) atoms. The van der Waals surface area contributed by atoms with Gasteiger partial charge in [-0.3, -0.25) is 4.79 Å². The van der Waals surface area contributed by atoms with Gasteiger partial charge in [-0.2, -0.15) is 4.31 Å². The summed E-state index contributed by atoms with van der Waals surface area (Å²) in [5.41, 5.74) is 1.01. The number of carbonyl (C=O) groups is 1. The van der Waals surface area contributed by atoms with Crippen molar-refractivity contribution in [3.8, 4) is 0 Å². The summed E-state index contributed by atoms with van der Waals surface area (Å²) in [7, 11) is -1.90. The van der Waals surface area contributed by atoms with Gasteiger partial charge in [0.25, 0.3) is 0 Å². The third kappa shape index (κ3) is 5.91. The van der Waals surface area contributed by atoms with Gasteiger partial charge >= 0.3 is 0 Å². The number of rotatable bonds is 9. The van der Waals surface area contributed by atoms with Crippen molar-refractivity contribution in [1.82, 2.24) is 19.4 Å². The number of hydrogen-bond donors (Lipinski definition) is 1. The van der Waals surface area contributed by atoms with Crippen LogP contribution in [0.25, 0.3) is 0 Å². The fourth-order valence-corrected chi connectivity index (χ4v) is 5.95. The SMILES string of the molecule is COCCNc1nnc(SCC(=O)N2CCN(S(=O)(=O)c3ccc(C)cc3)CC2)s1. The number of methoxy groups -OCH3 is 1. The van der Waals surface area contributed by atoms with Crippen LogP contribution in [0.15, 0.2) is 33.5 Å². The van der Waals surface area contributed by atoms with Gasteiger partial charge in [0.05, 0.1) is 17.3 Å². The molecule has 2 aromatic rings. The smallest absolute Gasteiger partial charge is 0.243 e. The largest absolute Gasteiger partial charge is 0.383 e. The van der Waals surface area contributed by atoms with Gasteiger partial charge in [0.15, 0.2) is 4.34 Å². The lowest BCUT2D eigenvalue weighted by atomic mass is 10.2. The Balaban J connectivity index is 1.46. The maximum Gasteiger partial charge on any atom is 0.243 e. The molecule has 12 heteroatoms. The van der Waals surface area contributed by atoms with E-state index in [9.17, 15) is 13.2 Å². The molecule has 0 unspecified atom stereocenters. The summed E-state index contributed by atoms with van der Waals surface area (Å²) in [5, 5.41) is 11.9. The van der Waals surface area contributed by atoms with Gasteiger partial charge in [-0.1, -0.05) is 40.8 Å². The molecule has 164 valence electrons. The molecule has 0 atom stereocenters. The highest BCUT2D eigenvalue weighted by Gasteiger charge is 2.30. The van der Waals surface area contributed by atoms with Gasteiger partial charge in [0, 0.05) is 39.8 Å². The minimum Gasteiger partial charge on any atom is -0.383 e. The minimum atomic E-state index is -3.53. The van der Waals surface area contributed by atoms with E-state index in [-0.39, 0.29) is 16.6 Å². The highest BCUT2D eigenvalue weighted by molar-refractivity contribution is 8.01. The molecule has 0 radical (unpaired) electrons. The van der Waals surface area contributed by atoms with Gasteiger partial charge in [-0.15, -0.1) is 10.2 Å². The Morgan fingerprint density at radius 3 is 2.57 bits per heavy atom. The molecule has 0 aliphatic carbocycles. The zero-order valence-electron chi connectivity index (χ0n) is 16.9. The average molecular weight is 472 g/mol. The van der Waals surface area contributed by atoms with Crippen LogP contribution in [0.3, 0.4) is 0 Å². The number of aromatic nitrogens is 2. The van der Waals surface area contributed by atoms with Crippen LogP contribution in [0.5, 0.6) is 0 Å². The van der Waals surface area contributed by atoms with E-state index in [1.165, 1.54) is 27.4 Å². The van der Waals surface area contributed by atoms with Crippen molar-refractivity contribution in [3.63, 3.8) is 0 Å². The first-order chi connectivity index (χ1) is 14.4. The van der Waals surface area contributed by atoms with Crippen LogP contribution >= 0.6 is 23.1 Å². The van der Waals surface area contributed by atoms with Gasteiger partial charge < -0.3 is 15.0 Å². The van der Waals surface area contributed by atoms with Crippen molar-refractivity contribution in [2.45, 2.75) is 16.2 Å². The topological polar surface area (TPSA) is 105 Å². The highest BCUT2D eigenvalue weighted by Crippen LogP contribution is 2.26. The highest BCUT2D eigenvalue weighted by atomic mass is 32.2. The normalized spacial score (nSPS) is 15.3. The van der Waals surface area contributed by atoms with Crippen molar-refractivity contribution in [1.29, 1.82) is 0 Å². The zero-order valence-corrected chi connectivity index (χ0v) is 19.4. The van der Waals surface area contributed by atoms with Crippen molar-refractivity contribution in [2.75, 3.05) is 57.5 Å². The van der Waals surface area contributed by atoms with Crippen LogP contribution in [-0.4, -0.2) is 85.9 Å². The van der Waals surface area contributed by atoms with Gasteiger partial charge in [0.2, 0.25) is 21.1 Å². The number of carbonyl (C=O) groups excluding carboxylic acids is 1. The van der Waals surface area contributed by atoms with Crippen LogP contribution in [0, 0.1) is 6.92 Å². The standard InChI is InChI=1S/C18H25N5O4S3/c1-14-3-5-15(6-4-14)30(25,26)23-10-8-22(9-11-23)16(24)13-28-18-21-20-17(29-18)19-7-12-27-2/h3-6H,7-13H2,1-2H3,(H,19,20). The molecule has 2 heterocycles. The number of ether oxygens (including phenoxy) is 1. The molecule has 9 nitrogen and oxygen atoms in total. The summed E-state index contributed by atoms with van der Waals surface area (Å²) >= 11 is 2.73. The second-order valence-electron chi connectivity index (χ2n) is 6.68. The summed E-state index contributed by atoms with van der Waals surface area (Å²) in [5.74, 6) is 0.216. The van der Waals surface area contributed by atoms with Gasteiger partial charge in [-0.25, -0.2) is 8.42 Å². The lowest BCUT2D eigenvalue weighted by Gasteiger charge is -2.34. The fourth-order valence-electron chi connectivity index (χ4n) is 2.85. The Hall–Kier alpha value is -1.73. The number of amides is 1. The molecule has 0 bridgehead atoms. The van der Waals surface area contributed by atoms with E-state index in [0.717, 1.165) is 5.56 Å². The molecule has 1 aliphatic heterocycles. The van der Waals surface area contributed by atoms with E-state index in [4.69, 9.17) is 4.74 Å². The Bertz CT molecular complexity index is 941. The summed E-state index contributed by atoms with van der Waals surface area (Å²) in [6.07, 6.45) is 0. The second kappa shape index (κ2) is 10.5. The third-order valence-corrected chi connectivity index (χ3v) is 8.47. The van der Waals surface area contributed by atoms with Crippen molar-refractivity contribution in [2.24, 2.45) is 0 Å². The number of nitrogens with zero attached hydrogens (tertiary/aromatic N) is 4. The monoisotopic (exact) mass is 471 g/mol. The Morgan fingerprint density at radius 2 is 1.90 bits per heavy atom. The van der Waals surface area contributed by atoms with Crippen LogP contribution in [0.2, 0.25) is 0 Å².